The summed E-state index contributed by atoms with van der Waals surface area (Å²) < 4.78 is 10.0. The number of likely N-dealkylation sites (tertiary alicyclic amines) is 1. The largest absolute Gasteiger partial charge is 0.444 e. The Morgan fingerprint density at radius 1 is 1.25 bits per heavy atom. The lowest BCUT2D eigenvalue weighted by Crippen LogP contribution is -2.43. The Hall–Kier alpha value is -1.30. The molecule has 0 bridgehead atoms. The van der Waals surface area contributed by atoms with Gasteiger partial charge in [-0.15, -0.1) is 0 Å². The number of carbonyl (C=O) groups is 2. The van der Waals surface area contributed by atoms with Crippen molar-refractivity contribution < 1.29 is 19.1 Å². The van der Waals surface area contributed by atoms with E-state index in [1.165, 1.54) is 7.11 Å². The van der Waals surface area contributed by atoms with Crippen LogP contribution in [0, 0.1) is 5.92 Å². The number of rotatable bonds is 4. The highest BCUT2D eigenvalue weighted by Crippen LogP contribution is 2.16. The summed E-state index contributed by atoms with van der Waals surface area (Å²) in [6, 6.07) is 0. The standard InChI is InChI=1S/C14H26N2O4/c1-14(2,3)20-13(18)15-9-11-5-7-16(8-6-11)12(17)10-19-4/h11H,5-10H2,1-4H3,(H,15,18). The fraction of sp³-hybridized carbons (Fsp3) is 0.857. The van der Waals surface area contributed by atoms with Crippen LogP contribution in [0.15, 0.2) is 0 Å². The van der Waals surface area contributed by atoms with Crippen molar-refractivity contribution in [1.82, 2.24) is 10.2 Å². The van der Waals surface area contributed by atoms with E-state index in [2.05, 4.69) is 5.32 Å². The van der Waals surface area contributed by atoms with Crippen LogP contribution in [-0.4, -0.2) is 55.9 Å². The van der Waals surface area contributed by atoms with E-state index >= 15 is 0 Å². The number of nitrogens with zero attached hydrogens (tertiary/aromatic N) is 1. The van der Waals surface area contributed by atoms with Crippen molar-refractivity contribution in [3.8, 4) is 0 Å². The van der Waals surface area contributed by atoms with Crippen molar-refractivity contribution in [3.05, 3.63) is 0 Å². The van der Waals surface area contributed by atoms with E-state index in [4.69, 9.17) is 9.47 Å². The molecule has 1 N–H and O–H groups in total. The second-order valence-electron chi connectivity index (χ2n) is 6.14. The second kappa shape index (κ2) is 7.47. The van der Waals surface area contributed by atoms with E-state index in [9.17, 15) is 9.59 Å². The minimum Gasteiger partial charge on any atom is -0.444 e. The van der Waals surface area contributed by atoms with E-state index in [1.54, 1.807) is 0 Å². The Labute approximate surface area is 120 Å². The third kappa shape index (κ3) is 6.23. The first-order valence-corrected chi connectivity index (χ1v) is 7.05. The monoisotopic (exact) mass is 286 g/mol. The van der Waals surface area contributed by atoms with Gasteiger partial charge in [-0.2, -0.15) is 0 Å². The van der Waals surface area contributed by atoms with Crippen LogP contribution in [0.2, 0.25) is 0 Å². The normalized spacial score (nSPS) is 16.9. The van der Waals surface area contributed by atoms with Crippen molar-refractivity contribution in [2.75, 3.05) is 33.4 Å². The Balaban J connectivity index is 2.23. The number of amides is 2. The molecule has 6 heteroatoms. The minimum absolute atomic E-state index is 0.0334. The molecule has 1 fully saturated rings. The number of piperidine rings is 1. The topological polar surface area (TPSA) is 67.9 Å². The summed E-state index contributed by atoms with van der Waals surface area (Å²) in [4.78, 5) is 25.0. The first-order chi connectivity index (χ1) is 9.31. The Kier molecular flexibility index (Phi) is 6.26. The molecular formula is C14H26N2O4. The van der Waals surface area contributed by atoms with Crippen molar-refractivity contribution in [1.29, 1.82) is 0 Å². The molecule has 0 spiro atoms. The van der Waals surface area contributed by atoms with Gasteiger partial charge in [-0.25, -0.2) is 4.79 Å². The molecule has 0 radical (unpaired) electrons. The van der Waals surface area contributed by atoms with Crippen LogP contribution >= 0.6 is 0 Å². The zero-order valence-electron chi connectivity index (χ0n) is 12.9. The summed E-state index contributed by atoms with van der Waals surface area (Å²) in [6.07, 6.45) is 1.41. The van der Waals surface area contributed by atoms with Gasteiger partial charge in [-0.05, 0) is 39.5 Å². The Morgan fingerprint density at radius 2 is 1.85 bits per heavy atom. The molecule has 0 aromatic carbocycles. The molecule has 1 aliphatic heterocycles. The van der Waals surface area contributed by atoms with E-state index < -0.39 is 5.60 Å². The highest BCUT2D eigenvalue weighted by molar-refractivity contribution is 5.77. The van der Waals surface area contributed by atoms with Crippen LogP contribution in [0.5, 0.6) is 0 Å². The summed E-state index contributed by atoms with van der Waals surface area (Å²) in [5, 5.41) is 2.79. The molecule has 0 aromatic rings. The van der Waals surface area contributed by atoms with Crippen molar-refractivity contribution in [2.24, 2.45) is 5.92 Å². The fourth-order valence-electron chi connectivity index (χ4n) is 2.14. The molecule has 0 saturated carbocycles. The molecule has 1 saturated heterocycles. The van der Waals surface area contributed by atoms with Crippen molar-refractivity contribution in [2.45, 2.75) is 39.2 Å². The van der Waals surface area contributed by atoms with Crippen molar-refractivity contribution in [3.63, 3.8) is 0 Å². The van der Waals surface area contributed by atoms with E-state index in [0.29, 0.717) is 12.5 Å². The van der Waals surface area contributed by atoms with Gasteiger partial charge in [0.05, 0.1) is 0 Å². The first-order valence-electron chi connectivity index (χ1n) is 7.05. The van der Waals surface area contributed by atoms with Gasteiger partial charge in [-0.1, -0.05) is 0 Å². The lowest BCUT2D eigenvalue weighted by Gasteiger charge is -2.32. The Bertz CT molecular complexity index is 331. The van der Waals surface area contributed by atoms with Crippen LogP contribution < -0.4 is 5.32 Å². The molecule has 2 amide bonds. The molecule has 1 rings (SSSR count). The summed E-state index contributed by atoms with van der Waals surface area (Å²) in [7, 11) is 1.52. The average molecular weight is 286 g/mol. The Morgan fingerprint density at radius 3 is 2.35 bits per heavy atom. The van der Waals surface area contributed by atoms with Crippen molar-refractivity contribution >= 4 is 12.0 Å². The van der Waals surface area contributed by atoms with Gasteiger partial charge >= 0.3 is 6.09 Å². The van der Waals surface area contributed by atoms with Gasteiger partial charge in [0.25, 0.3) is 0 Å². The minimum atomic E-state index is -0.472. The molecule has 6 nitrogen and oxygen atoms in total. The molecule has 1 aliphatic rings. The summed E-state index contributed by atoms with van der Waals surface area (Å²) in [6.45, 7) is 7.71. The van der Waals surface area contributed by atoms with Gasteiger partial charge in [0, 0.05) is 26.7 Å². The number of hydrogen-bond acceptors (Lipinski definition) is 4. The smallest absolute Gasteiger partial charge is 0.407 e. The predicted octanol–water partition coefficient (Wildman–Crippen LogP) is 1.40. The lowest BCUT2D eigenvalue weighted by atomic mass is 9.97. The number of nitrogens with one attached hydrogen (secondary N) is 1. The number of methoxy groups -OCH3 is 1. The van der Waals surface area contributed by atoms with Gasteiger partial charge in [0.2, 0.25) is 5.91 Å². The molecule has 20 heavy (non-hydrogen) atoms. The zero-order chi connectivity index (χ0) is 15.2. The summed E-state index contributed by atoms with van der Waals surface area (Å²) in [5.41, 5.74) is -0.472. The highest BCUT2D eigenvalue weighted by atomic mass is 16.6. The maximum Gasteiger partial charge on any atom is 0.407 e. The first kappa shape index (κ1) is 16.8. The molecule has 0 atom stereocenters. The van der Waals surface area contributed by atoms with Gasteiger partial charge < -0.3 is 19.7 Å². The number of alkyl carbamates (subject to hydrolysis) is 1. The van der Waals surface area contributed by atoms with Gasteiger partial charge in [0.15, 0.2) is 0 Å². The van der Waals surface area contributed by atoms with Gasteiger partial charge in [0.1, 0.15) is 12.2 Å². The molecule has 1 heterocycles. The van der Waals surface area contributed by atoms with Crippen LogP contribution in [0.4, 0.5) is 4.79 Å². The number of hydrogen-bond donors (Lipinski definition) is 1. The van der Waals surface area contributed by atoms with Crippen LogP contribution in [0.3, 0.4) is 0 Å². The maximum atomic E-state index is 11.6. The second-order valence-corrected chi connectivity index (χ2v) is 6.14. The summed E-state index contributed by atoms with van der Waals surface area (Å²) in [5.74, 6) is 0.431. The average Bonchev–Trinajstić information content (AvgIpc) is 2.35. The lowest BCUT2D eigenvalue weighted by molar-refractivity contribution is -0.136. The van der Waals surface area contributed by atoms with E-state index in [1.807, 2.05) is 25.7 Å². The zero-order valence-corrected chi connectivity index (χ0v) is 12.9. The molecule has 116 valence electrons. The van der Waals surface area contributed by atoms with Crippen LogP contribution in [0.1, 0.15) is 33.6 Å². The number of ether oxygens (including phenoxy) is 2. The maximum absolute atomic E-state index is 11.6. The molecule has 0 unspecified atom stereocenters. The third-order valence-corrected chi connectivity index (χ3v) is 3.17. The summed E-state index contributed by atoms with van der Waals surface area (Å²) >= 11 is 0. The quantitative estimate of drug-likeness (QED) is 0.848. The molecular weight excluding hydrogens is 260 g/mol. The fourth-order valence-corrected chi connectivity index (χ4v) is 2.14. The third-order valence-electron chi connectivity index (χ3n) is 3.17. The predicted molar refractivity (Wildman–Crippen MR) is 75.4 cm³/mol. The number of carbonyl (C=O) groups excluding carboxylic acids is 2. The van der Waals surface area contributed by atoms with Crippen LogP contribution in [-0.2, 0) is 14.3 Å². The highest BCUT2D eigenvalue weighted by Gasteiger charge is 2.23. The van der Waals surface area contributed by atoms with E-state index in [-0.39, 0.29) is 18.6 Å². The van der Waals surface area contributed by atoms with Crippen LogP contribution in [0.25, 0.3) is 0 Å². The molecule has 0 aromatic heterocycles. The van der Waals surface area contributed by atoms with Gasteiger partial charge in [-0.3, -0.25) is 4.79 Å². The van der Waals surface area contributed by atoms with E-state index in [0.717, 1.165) is 25.9 Å². The SMILES string of the molecule is COCC(=O)N1CCC(CNC(=O)OC(C)(C)C)CC1. The molecule has 0 aliphatic carbocycles.